The predicted molar refractivity (Wildman–Crippen MR) is 161 cm³/mol. The van der Waals surface area contributed by atoms with Crippen LogP contribution in [0.2, 0.25) is 0 Å². The highest BCUT2D eigenvalue weighted by Gasteiger charge is 2.24. The number of pyridine rings is 2. The molecule has 2 aliphatic heterocycles. The minimum absolute atomic E-state index is 0.0292. The fourth-order valence-corrected chi connectivity index (χ4v) is 7.25. The Morgan fingerprint density at radius 2 is 1.10 bits per heavy atom. The summed E-state index contributed by atoms with van der Waals surface area (Å²) in [5.74, 6) is 2.10. The smallest absolute Gasteiger partial charge is 0.254 e. The third-order valence-corrected chi connectivity index (χ3v) is 10.3. The normalized spacial score (nSPS) is 15.0. The molecule has 2 aliphatic rings. The molecule has 0 amide bonds. The molecule has 0 spiro atoms. The fourth-order valence-electron chi connectivity index (χ4n) is 5.09. The summed E-state index contributed by atoms with van der Waals surface area (Å²) < 4.78 is 14.7. The van der Waals surface area contributed by atoms with Crippen molar-refractivity contribution in [1.82, 2.24) is 9.13 Å². The Morgan fingerprint density at radius 3 is 1.50 bits per heavy atom. The second-order valence-corrected chi connectivity index (χ2v) is 14.6. The molecule has 0 atom stereocenters. The quantitative estimate of drug-likeness (QED) is 0.277. The van der Waals surface area contributed by atoms with E-state index < -0.39 is 0 Å². The third-order valence-electron chi connectivity index (χ3n) is 8.15. The van der Waals surface area contributed by atoms with Crippen molar-refractivity contribution in [3.63, 3.8) is 0 Å². The Labute approximate surface area is 245 Å². The van der Waals surface area contributed by atoms with Crippen molar-refractivity contribution < 1.29 is 19.7 Å². The van der Waals surface area contributed by atoms with Gasteiger partial charge in [-0.25, -0.2) is 0 Å². The number of aromatic nitrogens is 2. The highest BCUT2D eigenvalue weighted by Crippen LogP contribution is 2.37. The number of hydrogen-bond donors (Lipinski definition) is 2. The molecule has 222 valence electrons. The molecule has 0 unspecified atom stereocenters. The lowest BCUT2D eigenvalue weighted by molar-refractivity contribution is 0.0268. The van der Waals surface area contributed by atoms with Gasteiger partial charge in [-0.05, 0) is 49.4 Å². The molecule has 4 heterocycles. The summed E-state index contributed by atoms with van der Waals surface area (Å²) in [5, 5.41) is 21.2. The van der Waals surface area contributed by atoms with Gasteiger partial charge in [0.1, 0.15) is 0 Å². The van der Waals surface area contributed by atoms with Crippen LogP contribution < -0.4 is 11.1 Å². The highest BCUT2D eigenvalue weighted by molar-refractivity contribution is 7.99. The molecule has 0 bridgehead atoms. The molecule has 0 aromatic carbocycles. The highest BCUT2D eigenvalue weighted by atomic mass is 32.2. The van der Waals surface area contributed by atoms with Gasteiger partial charge in [0.2, 0.25) is 0 Å². The third kappa shape index (κ3) is 7.89. The Morgan fingerprint density at radius 1 is 0.700 bits per heavy atom. The van der Waals surface area contributed by atoms with E-state index in [1.807, 2.05) is 0 Å². The number of ether oxygens (including phenoxy) is 2. The van der Waals surface area contributed by atoms with Crippen molar-refractivity contribution in [2.45, 2.75) is 89.1 Å². The molecule has 40 heavy (non-hydrogen) atoms. The Balaban J connectivity index is 1.09. The van der Waals surface area contributed by atoms with Crippen LogP contribution in [0.5, 0.6) is 11.8 Å². The summed E-state index contributed by atoms with van der Waals surface area (Å²) in [6.45, 7) is 11.9. The SMILES string of the molecule is CC(C)(CCOCCOCCC(C)(C)CCn1c(O)c2c(cc1=O)SCC2)CCn1c(O)c2c(cc1=O)SCC2. The van der Waals surface area contributed by atoms with Gasteiger partial charge in [-0.1, -0.05) is 27.7 Å². The molecule has 4 rings (SSSR count). The van der Waals surface area contributed by atoms with Gasteiger partial charge >= 0.3 is 0 Å². The summed E-state index contributed by atoms with van der Waals surface area (Å²) in [6.07, 6.45) is 4.87. The van der Waals surface area contributed by atoms with Crippen molar-refractivity contribution in [3.05, 3.63) is 44.0 Å². The van der Waals surface area contributed by atoms with Gasteiger partial charge in [0.15, 0.2) is 11.8 Å². The van der Waals surface area contributed by atoms with Gasteiger partial charge < -0.3 is 19.7 Å². The van der Waals surface area contributed by atoms with E-state index in [4.69, 9.17) is 9.47 Å². The van der Waals surface area contributed by atoms with Crippen LogP contribution in [-0.2, 0) is 35.4 Å². The first-order valence-electron chi connectivity index (χ1n) is 14.3. The van der Waals surface area contributed by atoms with Crippen LogP contribution in [0.15, 0.2) is 31.5 Å². The maximum Gasteiger partial charge on any atom is 0.254 e. The number of rotatable bonds is 15. The second kappa shape index (κ2) is 13.4. The number of nitrogens with zero attached hydrogens (tertiary/aromatic N) is 2. The van der Waals surface area contributed by atoms with Gasteiger partial charge in [0, 0.05) is 70.9 Å². The van der Waals surface area contributed by atoms with Crippen molar-refractivity contribution in [2.24, 2.45) is 10.8 Å². The number of aromatic hydroxyl groups is 2. The monoisotopic (exact) mass is 592 g/mol. The van der Waals surface area contributed by atoms with E-state index >= 15 is 0 Å². The minimum atomic E-state index is -0.132. The van der Waals surface area contributed by atoms with Crippen LogP contribution in [0.3, 0.4) is 0 Å². The molecule has 0 fully saturated rings. The predicted octanol–water partition coefficient (Wildman–Crippen LogP) is 5.06. The first-order chi connectivity index (χ1) is 19.0. The van der Waals surface area contributed by atoms with E-state index in [1.165, 1.54) is 9.13 Å². The molecule has 0 radical (unpaired) electrons. The molecular formula is C30H44N2O6S2. The second-order valence-electron chi connectivity index (χ2n) is 12.4. The lowest BCUT2D eigenvalue weighted by Gasteiger charge is -2.26. The summed E-state index contributed by atoms with van der Waals surface area (Å²) >= 11 is 3.27. The Bertz CT molecular complexity index is 1200. The van der Waals surface area contributed by atoms with E-state index in [-0.39, 0.29) is 33.7 Å². The van der Waals surface area contributed by atoms with Crippen LogP contribution in [0.25, 0.3) is 0 Å². The first-order valence-corrected chi connectivity index (χ1v) is 16.3. The summed E-state index contributed by atoms with van der Waals surface area (Å²) in [6, 6.07) is 3.31. The van der Waals surface area contributed by atoms with Crippen LogP contribution in [-0.4, -0.2) is 57.3 Å². The van der Waals surface area contributed by atoms with Gasteiger partial charge in [0.25, 0.3) is 11.1 Å². The molecule has 10 heteroatoms. The maximum atomic E-state index is 12.5. The zero-order valence-corrected chi connectivity index (χ0v) is 25.9. The standard InChI is InChI=1S/C30H44N2O6S2/c1-29(2,7-11-31-25(33)19-23-21(27(31)35)5-17-39-23)9-13-37-15-16-38-14-10-30(3,4)8-12-32-26(34)20-24-22(28(32)36)6-18-40-24/h19-20,35-36H,5-18H2,1-4H3. The van der Waals surface area contributed by atoms with Crippen LogP contribution in [0.1, 0.15) is 64.5 Å². The topological polar surface area (TPSA) is 103 Å². The lowest BCUT2D eigenvalue weighted by atomic mass is 9.86. The fraction of sp³-hybridized carbons (Fsp3) is 0.667. The minimum Gasteiger partial charge on any atom is -0.494 e. The number of fused-ring (bicyclic) bond motifs is 2. The van der Waals surface area contributed by atoms with Crippen LogP contribution in [0, 0.1) is 10.8 Å². The zero-order chi connectivity index (χ0) is 28.9. The molecule has 0 aliphatic carbocycles. The molecule has 2 aromatic heterocycles. The van der Waals surface area contributed by atoms with E-state index in [0.29, 0.717) is 39.5 Å². The molecule has 8 nitrogen and oxygen atoms in total. The average molecular weight is 593 g/mol. The molecular weight excluding hydrogens is 548 g/mol. The van der Waals surface area contributed by atoms with Gasteiger partial charge in [0.05, 0.1) is 13.2 Å². The van der Waals surface area contributed by atoms with Crippen molar-refractivity contribution in [2.75, 3.05) is 37.9 Å². The Hall–Kier alpha value is -1.88. The first kappa shape index (κ1) is 31.1. The van der Waals surface area contributed by atoms with Crippen molar-refractivity contribution in [3.8, 4) is 11.8 Å². The molecule has 2 aromatic rings. The van der Waals surface area contributed by atoms with Crippen LogP contribution >= 0.6 is 23.5 Å². The molecule has 0 saturated heterocycles. The zero-order valence-electron chi connectivity index (χ0n) is 24.3. The van der Waals surface area contributed by atoms with Gasteiger partial charge in [-0.15, -0.1) is 23.5 Å². The van der Waals surface area contributed by atoms with E-state index in [0.717, 1.165) is 70.9 Å². The van der Waals surface area contributed by atoms with Gasteiger partial charge in [-0.3, -0.25) is 18.7 Å². The molecule has 0 saturated carbocycles. The van der Waals surface area contributed by atoms with E-state index in [1.54, 1.807) is 35.7 Å². The Kier molecular flexibility index (Phi) is 10.4. The van der Waals surface area contributed by atoms with Crippen LogP contribution in [0.4, 0.5) is 0 Å². The maximum absolute atomic E-state index is 12.5. The number of thioether (sulfide) groups is 2. The summed E-state index contributed by atoms with van der Waals surface area (Å²) in [7, 11) is 0. The average Bonchev–Trinajstić information content (AvgIpc) is 3.55. The van der Waals surface area contributed by atoms with Gasteiger partial charge in [-0.2, -0.15) is 0 Å². The van der Waals surface area contributed by atoms with Crippen molar-refractivity contribution >= 4 is 23.5 Å². The van der Waals surface area contributed by atoms with Crippen molar-refractivity contribution in [1.29, 1.82) is 0 Å². The van der Waals surface area contributed by atoms with E-state index in [2.05, 4.69) is 27.7 Å². The summed E-state index contributed by atoms with van der Waals surface area (Å²) in [5.41, 5.74) is 1.49. The lowest BCUT2D eigenvalue weighted by Crippen LogP contribution is -2.25. The molecule has 2 N–H and O–H groups in total. The number of hydrogen-bond acceptors (Lipinski definition) is 8. The van der Waals surface area contributed by atoms with E-state index in [9.17, 15) is 19.8 Å². The largest absolute Gasteiger partial charge is 0.494 e. The summed E-state index contributed by atoms with van der Waals surface area (Å²) in [4.78, 5) is 26.8.